The molecule has 6 heteroatoms. The van der Waals surface area contributed by atoms with E-state index in [-0.39, 0.29) is 18.8 Å². The van der Waals surface area contributed by atoms with Crippen LogP contribution in [0.5, 0.6) is 0 Å². The van der Waals surface area contributed by atoms with Crippen LogP contribution in [0.2, 0.25) is 0 Å². The minimum Gasteiger partial charge on any atom is -0.399 e. The van der Waals surface area contributed by atoms with Crippen LogP contribution in [-0.2, 0) is 4.74 Å². The fraction of sp³-hybridized carbons (Fsp3) is 0.417. The van der Waals surface area contributed by atoms with Crippen molar-refractivity contribution in [2.75, 3.05) is 18.9 Å². The SMILES string of the molecule is Cc1cc(N)ccc1C(=O)CCOCC(F)(F)F. The molecular weight excluding hydrogens is 247 g/mol. The van der Waals surface area contributed by atoms with E-state index in [0.717, 1.165) is 0 Å². The van der Waals surface area contributed by atoms with Crippen molar-refractivity contribution < 1.29 is 22.7 Å². The van der Waals surface area contributed by atoms with Gasteiger partial charge >= 0.3 is 6.18 Å². The molecule has 0 saturated carbocycles. The second-order valence-corrected chi connectivity index (χ2v) is 3.92. The lowest BCUT2D eigenvalue weighted by Crippen LogP contribution is -2.18. The molecule has 0 heterocycles. The number of anilines is 1. The largest absolute Gasteiger partial charge is 0.411 e. The summed E-state index contributed by atoms with van der Waals surface area (Å²) < 4.78 is 39.7. The number of hydrogen-bond acceptors (Lipinski definition) is 3. The molecule has 100 valence electrons. The number of hydrogen-bond donors (Lipinski definition) is 1. The Morgan fingerprint density at radius 1 is 1.39 bits per heavy atom. The van der Waals surface area contributed by atoms with Crippen molar-refractivity contribution in [1.82, 2.24) is 0 Å². The molecule has 1 aromatic rings. The summed E-state index contributed by atoms with van der Waals surface area (Å²) in [6, 6.07) is 4.79. The van der Waals surface area contributed by atoms with Crippen LogP contribution in [0.15, 0.2) is 18.2 Å². The molecule has 2 N–H and O–H groups in total. The molecule has 18 heavy (non-hydrogen) atoms. The van der Waals surface area contributed by atoms with Crippen molar-refractivity contribution >= 4 is 11.5 Å². The lowest BCUT2D eigenvalue weighted by molar-refractivity contribution is -0.173. The van der Waals surface area contributed by atoms with E-state index >= 15 is 0 Å². The number of halogens is 3. The summed E-state index contributed by atoms with van der Waals surface area (Å²) in [5, 5.41) is 0. The summed E-state index contributed by atoms with van der Waals surface area (Å²) in [6.45, 7) is 0.142. The smallest absolute Gasteiger partial charge is 0.399 e. The summed E-state index contributed by atoms with van der Waals surface area (Å²) in [5.74, 6) is -0.255. The van der Waals surface area contributed by atoms with Crippen LogP contribution in [0.4, 0.5) is 18.9 Å². The Hall–Kier alpha value is -1.56. The quantitative estimate of drug-likeness (QED) is 0.503. The van der Waals surface area contributed by atoms with E-state index in [1.54, 1.807) is 25.1 Å². The molecule has 1 rings (SSSR count). The molecule has 0 aliphatic carbocycles. The molecule has 0 aromatic heterocycles. The predicted octanol–water partition coefficient (Wildman–Crippen LogP) is 2.73. The fourth-order valence-electron chi connectivity index (χ4n) is 1.49. The highest BCUT2D eigenvalue weighted by molar-refractivity contribution is 5.97. The number of ketones is 1. The predicted molar refractivity (Wildman–Crippen MR) is 61.4 cm³/mol. The van der Waals surface area contributed by atoms with Crippen LogP contribution in [0.1, 0.15) is 22.3 Å². The first kappa shape index (κ1) is 14.5. The molecule has 0 aliphatic heterocycles. The first-order valence-electron chi connectivity index (χ1n) is 5.33. The van der Waals surface area contributed by atoms with Gasteiger partial charge in [0.1, 0.15) is 6.61 Å². The zero-order valence-corrected chi connectivity index (χ0v) is 9.88. The number of carbonyl (C=O) groups is 1. The van der Waals surface area contributed by atoms with Gasteiger partial charge in [0.2, 0.25) is 0 Å². The minimum atomic E-state index is -4.36. The summed E-state index contributed by atoms with van der Waals surface area (Å²) in [5.41, 5.74) is 7.24. The Morgan fingerprint density at radius 3 is 2.61 bits per heavy atom. The van der Waals surface area contributed by atoms with Crippen molar-refractivity contribution in [3.63, 3.8) is 0 Å². The lowest BCUT2D eigenvalue weighted by atomic mass is 10.0. The van der Waals surface area contributed by atoms with Gasteiger partial charge in [-0.2, -0.15) is 13.2 Å². The van der Waals surface area contributed by atoms with Gasteiger partial charge in [0, 0.05) is 17.7 Å². The standard InChI is InChI=1S/C12H14F3NO2/c1-8-6-9(16)2-3-10(8)11(17)4-5-18-7-12(13,14)15/h2-3,6H,4-5,7,16H2,1H3. The van der Waals surface area contributed by atoms with Gasteiger partial charge < -0.3 is 10.5 Å². The highest BCUT2D eigenvalue weighted by Crippen LogP contribution is 2.16. The molecule has 0 fully saturated rings. The molecule has 0 spiro atoms. The molecule has 1 aromatic carbocycles. The van der Waals surface area contributed by atoms with Crippen molar-refractivity contribution in [1.29, 1.82) is 0 Å². The van der Waals surface area contributed by atoms with E-state index in [2.05, 4.69) is 4.74 Å². The number of alkyl halides is 3. The van der Waals surface area contributed by atoms with Gasteiger partial charge in [-0.1, -0.05) is 0 Å². The number of Topliss-reactive ketones (excluding diaryl/α,β-unsaturated/α-hetero) is 1. The fourth-order valence-corrected chi connectivity index (χ4v) is 1.49. The van der Waals surface area contributed by atoms with E-state index in [1.807, 2.05) is 0 Å². The van der Waals surface area contributed by atoms with E-state index < -0.39 is 12.8 Å². The third-order valence-electron chi connectivity index (χ3n) is 2.29. The average molecular weight is 261 g/mol. The maximum Gasteiger partial charge on any atom is 0.411 e. The zero-order valence-electron chi connectivity index (χ0n) is 9.88. The highest BCUT2D eigenvalue weighted by atomic mass is 19.4. The second kappa shape index (κ2) is 5.86. The van der Waals surface area contributed by atoms with E-state index in [4.69, 9.17) is 5.73 Å². The number of rotatable bonds is 5. The van der Waals surface area contributed by atoms with E-state index in [1.165, 1.54) is 0 Å². The van der Waals surface area contributed by atoms with Gasteiger partial charge in [-0.15, -0.1) is 0 Å². The molecule has 0 bridgehead atoms. The van der Waals surface area contributed by atoms with Gasteiger partial charge in [-0.3, -0.25) is 4.79 Å². The third kappa shape index (κ3) is 4.75. The van der Waals surface area contributed by atoms with Crippen molar-refractivity contribution in [3.8, 4) is 0 Å². The third-order valence-corrected chi connectivity index (χ3v) is 2.29. The van der Waals surface area contributed by atoms with Gasteiger partial charge in [-0.05, 0) is 30.7 Å². The number of ether oxygens (including phenoxy) is 1. The van der Waals surface area contributed by atoms with Crippen LogP contribution in [0.25, 0.3) is 0 Å². The van der Waals surface area contributed by atoms with Gasteiger partial charge in [0.15, 0.2) is 5.78 Å². The molecule has 0 saturated heterocycles. The lowest BCUT2D eigenvalue weighted by Gasteiger charge is -2.08. The summed E-state index contributed by atoms with van der Waals surface area (Å²) >= 11 is 0. The molecule has 0 aliphatic rings. The molecule has 0 radical (unpaired) electrons. The van der Waals surface area contributed by atoms with Crippen LogP contribution in [0.3, 0.4) is 0 Å². The first-order valence-corrected chi connectivity index (χ1v) is 5.33. The summed E-state index contributed by atoms with van der Waals surface area (Å²) in [4.78, 5) is 11.7. The van der Waals surface area contributed by atoms with Crippen LogP contribution >= 0.6 is 0 Å². The first-order chi connectivity index (χ1) is 8.29. The molecule has 3 nitrogen and oxygen atoms in total. The molecule has 0 amide bonds. The average Bonchev–Trinajstić information content (AvgIpc) is 2.22. The number of nitrogens with two attached hydrogens (primary N) is 1. The Kier molecular flexibility index (Phi) is 4.72. The van der Waals surface area contributed by atoms with Crippen LogP contribution in [-0.4, -0.2) is 25.2 Å². The number of benzene rings is 1. The maximum atomic E-state index is 11.8. The van der Waals surface area contributed by atoms with E-state index in [0.29, 0.717) is 16.8 Å². The van der Waals surface area contributed by atoms with Gasteiger partial charge in [-0.25, -0.2) is 0 Å². The van der Waals surface area contributed by atoms with Crippen molar-refractivity contribution in [2.45, 2.75) is 19.5 Å². The normalized spacial score (nSPS) is 11.6. The number of nitrogen functional groups attached to an aromatic ring is 1. The topological polar surface area (TPSA) is 52.3 Å². The Labute approximate surface area is 103 Å². The van der Waals surface area contributed by atoms with Crippen molar-refractivity contribution in [2.24, 2.45) is 0 Å². The number of carbonyl (C=O) groups excluding carboxylic acids is 1. The molecule has 0 atom stereocenters. The Balaban J connectivity index is 2.46. The summed E-state index contributed by atoms with van der Waals surface area (Å²) in [7, 11) is 0. The van der Waals surface area contributed by atoms with Crippen LogP contribution in [0, 0.1) is 6.92 Å². The summed E-state index contributed by atoms with van der Waals surface area (Å²) in [6.07, 6.45) is -4.44. The minimum absolute atomic E-state index is 0.0825. The van der Waals surface area contributed by atoms with Gasteiger partial charge in [0.25, 0.3) is 0 Å². The Bertz CT molecular complexity index is 430. The van der Waals surface area contributed by atoms with Crippen molar-refractivity contribution in [3.05, 3.63) is 29.3 Å². The Morgan fingerprint density at radius 2 is 2.06 bits per heavy atom. The second-order valence-electron chi connectivity index (χ2n) is 3.92. The van der Waals surface area contributed by atoms with Gasteiger partial charge in [0.05, 0.1) is 6.61 Å². The zero-order chi connectivity index (χ0) is 13.8. The molecular formula is C12H14F3NO2. The monoisotopic (exact) mass is 261 g/mol. The highest BCUT2D eigenvalue weighted by Gasteiger charge is 2.27. The molecule has 0 unspecified atom stereocenters. The van der Waals surface area contributed by atoms with Crippen LogP contribution < -0.4 is 5.73 Å². The number of aryl methyl sites for hydroxylation is 1. The van der Waals surface area contributed by atoms with E-state index in [9.17, 15) is 18.0 Å². The maximum absolute atomic E-state index is 11.8.